The third-order valence-electron chi connectivity index (χ3n) is 1.48. The van der Waals surface area contributed by atoms with Crippen molar-refractivity contribution in [3.63, 3.8) is 0 Å². The van der Waals surface area contributed by atoms with Crippen LogP contribution in [0.3, 0.4) is 0 Å². The van der Waals surface area contributed by atoms with Crippen molar-refractivity contribution in [2.75, 3.05) is 0 Å². The molecule has 2 heteroatoms. The third kappa shape index (κ3) is 1.31. The molecule has 0 spiro atoms. The van der Waals surface area contributed by atoms with Crippen LogP contribution < -0.4 is 0 Å². The highest BCUT2D eigenvalue weighted by atomic mass is 15.3. The Kier molecular flexibility index (Phi) is 1.88. The van der Waals surface area contributed by atoms with E-state index in [-0.39, 0.29) is 0 Å². The number of nitrogens with zero attached hydrogens (tertiary/aromatic N) is 2. The van der Waals surface area contributed by atoms with E-state index in [4.69, 9.17) is 0 Å². The molecule has 1 aromatic rings. The van der Waals surface area contributed by atoms with Gasteiger partial charge in [0, 0.05) is 12.2 Å². The highest BCUT2D eigenvalue weighted by molar-refractivity contribution is 4.77. The highest BCUT2D eigenvalue weighted by Gasteiger charge is 1.98. The number of aromatic nitrogens is 2. The van der Waals surface area contributed by atoms with Gasteiger partial charge in [0.15, 0.2) is 0 Å². The fourth-order valence-electron chi connectivity index (χ4n) is 0.662. The second kappa shape index (κ2) is 2.67. The number of hydrogen-bond donors (Lipinski definition) is 0. The van der Waals surface area contributed by atoms with Crippen LogP contribution in [0.1, 0.15) is 26.3 Å². The zero-order valence-corrected chi connectivity index (χ0v) is 5.83. The smallest absolute Gasteiger partial charge is 0.0866 e. The third-order valence-corrected chi connectivity index (χ3v) is 1.48. The first-order valence-electron chi connectivity index (χ1n) is 3.25. The summed E-state index contributed by atoms with van der Waals surface area (Å²) in [5.74, 6) is 0. The number of hydrogen-bond acceptors (Lipinski definition) is 1. The van der Waals surface area contributed by atoms with Crippen LogP contribution in [0.4, 0.5) is 0 Å². The van der Waals surface area contributed by atoms with Crippen LogP contribution in [0.2, 0.25) is 0 Å². The van der Waals surface area contributed by atoms with Crippen molar-refractivity contribution in [3.05, 3.63) is 18.5 Å². The van der Waals surface area contributed by atoms with Gasteiger partial charge in [0.2, 0.25) is 0 Å². The fraction of sp³-hybridized carbons (Fsp3) is 0.571. The molecule has 0 aliphatic rings. The summed E-state index contributed by atoms with van der Waals surface area (Å²) in [6, 6.07) is 2.31. The van der Waals surface area contributed by atoms with Crippen LogP contribution in [-0.2, 0) is 0 Å². The molecule has 1 radical (unpaired) electrons. The molecule has 2 nitrogen and oxygen atoms in total. The molecular weight excluding hydrogens is 112 g/mol. The molecule has 1 aromatic heterocycles. The van der Waals surface area contributed by atoms with E-state index in [0.717, 1.165) is 6.42 Å². The predicted octanol–water partition coefficient (Wildman–Crippen LogP) is 1.65. The summed E-state index contributed by atoms with van der Waals surface area (Å²) in [6.45, 7) is 4.27. The molecular formula is C7H11N2. The first-order chi connectivity index (χ1) is 4.34. The van der Waals surface area contributed by atoms with E-state index in [9.17, 15) is 0 Å². The molecule has 0 fully saturated rings. The number of rotatable bonds is 2. The summed E-state index contributed by atoms with van der Waals surface area (Å²) in [7, 11) is 0. The Morgan fingerprint density at radius 1 is 1.78 bits per heavy atom. The molecule has 1 atom stereocenters. The van der Waals surface area contributed by atoms with Gasteiger partial charge in [-0.1, -0.05) is 6.92 Å². The first kappa shape index (κ1) is 6.33. The normalized spacial score (nSPS) is 13.6. The Balaban J connectivity index is 2.65. The molecule has 1 rings (SSSR count). The summed E-state index contributed by atoms with van der Waals surface area (Å²) < 4.78 is 1.85. The first-order valence-corrected chi connectivity index (χ1v) is 3.25. The minimum absolute atomic E-state index is 0.486. The Morgan fingerprint density at radius 3 is 3.00 bits per heavy atom. The van der Waals surface area contributed by atoms with E-state index in [1.807, 2.05) is 10.7 Å². The maximum atomic E-state index is 4.05. The van der Waals surface area contributed by atoms with Gasteiger partial charge in [-0.25, -0.2) is 0 Å². The Labute approximate surface area is 55.5 Å². The van der Waals surface area contributed by atoms with Crippen LogP contribution >= 0.6 is 0 Å². The summed E-state index contributed by atoms with van der Waals surface area (Å²) in [5, 5.41) is 4.05. The minimum atomic E-state index is 0.486. The molecule has 0 N–H and O–H groups in total. The predicted molar refractivity (Wildman–Crippen MR) is 36.1 cm³/mol. The van der Waals surface area contributed by atoms with Gasteiger partial charge < -0.3 is 0 Å². The second-order valence-electron chi connectivity index (χ2n) is 2.16. The van der Waals surface area contributed by atoms with Gasteiger partial charge in [-0.2, -0.15) is 5.10 Å². The van der Waals surface area contributed by atoms with Gasteiger partial charge in [0.25, 0.3) is 0 Å². The average Bonchev–Trinajstić information content (AvgIpc) is 2.37. The standard InChI is InChI=1S/C7H11N2/c1-3-7(2)9-6-4-5-8-9/h4-5,7H,3H2,1-2H3. The topological polar surface area (TPSA) is 17.8 Å². The van der Waals surface area contributed by atoms with Gasteiger partial charge in [0.05, 0.1) is 6.20 Å². The van der Waals surface area contributed by atoms with Crippen molar-refractivity contribution in [1.29, 1.82) is 0 Å². The van der Waals surface area contributed by atoms with E-state index in [0.29, 0.717) is 6.04 Å². The van der Waals surface area contributed by atoms with Crippen LogP contribution in [-0.4, -0.2) is 9.78 Å². The van der Waals surface area contributed by atoms with Crippen molar-refractivity contribution in [1.82, 2.24) is 9.78 Å². The van der Waals surface area contributed by atoms with Crippen LogP contribution in [0, 0.1) is 6.20 Å². The molecule has 49 valence electrons. The molecule has 0 bridgehead atoms. The van der Waals surface area contributed by atoms with Crippen LogP contribution in [0.15, 0.2) is 12.3 Å². The summed E-state index contributed by atoms with van der Waals surface area (Å²) in [5.41, 5.74) is 0. The van der Waals surface area contributed by atoms with Crippen molar-refractivity contribution in [2.45, 2.75) is 26.3 Å². The average molecular weight is 123 g/mol. The largest absolute Gasteiger partial charge is 0.261 e. The molecule has 0 aliphatic heterocycles. The second-order valence-corrected chi connectivity index (χ2v) is 2.16. The molecule has 0 aromatic carbocycles. The van der Waals surface area contributed by atoms with Crippen molar-refractivity contribution < 1.29 is 0 Å². The molecule has 0 aliphatic carbocycles. The van der Waals surface area contributed by atoms with E-state index in [1.165, 1.54) is 0 Å². The van der Waals surface area contributed by atoms with Crippen molar-refractivity contribution in [2.24, 2.45) is 0 Å². The molecule has 9 heavy (non-hydrogen) atoms. The SMILES string of the molecule is CCC(C)n1[c]ccn1. The monoisotopic (exact) mass is 123 g/mol. The molecule has 0 saturated heterocycles. The zero-order chi connectivity index (χ0) is 6.69. The Morgan fingerprint density at radius 2 is 2.56 bits per heavy atom. The molecule has 0 saturated carbocycles. The Hall–Kier alpha value is -0.790. The van der Waals surface area contributed by atoms with Gasteiger partial charge in [-0.05, 0) is 19.4 Å². The highest BCUT2D eigenvalue weighted by Crippen LogP contribution is 2.05. The summed E-state index contributed by atoms with van der Waals surface area (Å²) >= 11 is 0. The maximum absolute atomic E-state index is 4.05. The molecule has 0 amide bonds. The summed E-state index contributed by atoms with van der Waals surface area (Å²) in [4.78, 5) is 0. The maximum Gasteiger partial charge on any atom is 0.0866 e. The van der Waals surface area contributed by atoms with E-state index in [1.54, 1.807) is 6.20 Å². The summed E-state index contributed by atoms with van der Waals surface area (Å²) in [6.07, 6.45) is 5.86. The van der Waals surface area contributed by atoms with Gasteiger partial charge in [0.1, 0.15) is 0 Å². The quantitative estimate of drug-likeness (QED) is 0.584. The fourth-order valence-corrected chi connectivity index (χ4v) is 0.662. The van der Waals surface area contributed by atoms with E-state index >= 15 is 0 Å². The minimum Gasteiger partial charge on any atom is -0.261 e. The zero-order valence-electron chi connectivity index (χ0n) is 5.83. The van der Waals surface area contributed by atoms with Crippen LogP contribution in [0.5, 0.6) is 0 Å². The lowest BCUT2D eigenvalue weighted by molar-refractivity contribution is 0.475. The van der Waals surface area contributed by atoms with E-state index < -0.39 is 0 Å². The van der Waals surface area contributed by atoms with Gasteiger partial charge in [-0.3, -0.25) is 4.68 Å². The lowest BCUT2D eigenvalue weighted by Crippen LogP contribution is -2.03. The molecule has 1 unspecified atom stereocenters. The van der Waals surface area contributed by atoms with Gasteiger partial charge >= 0.3 is 0 Å². The van der Waals surface area contributed by atoms with E-state index in [2.05, 4.69) is 25.1 Å². The van der Waals surface area contributed by atoms with Gasteiger partial charge in [-0.15, -0.1) is 0 Å². The van der Waals surface area contributed by atoms with Crippen LogP contribution in [0.25, 0.3) is 0 Å². The van der Waals surface area contributed by atoms with Crippen molar-refractivity contribution >= 4 is 0 Å². The molecule has 1 heterocycles. The lowest BCUT2D eigenvalue weighted by atomic mass is 10.3. The lowest BCUT2D eigenvalue weighted by Gasteiger charge is -2.06. The Bertz CT molecular complexity index is 155. The van der Waals surface area contributed by atoms with Crippen molar-refractivity contribution in [3.8, 4) is 0 Å².